The van der Waals surface area contributed by atoms with Gasteiger partial charge in [0.05, 0.1) is 6.61 Å². The lowest BCUT2D eigenvalue weighted by Crippen LogP contribution is -2.15. The van der Waals surface area contributed by atoms with Crippen molar-refractivity contribution in [3.05, 3.63) is 11.6 Å². The number of aromatic nitrogens is 3. The predicted octanol–water partition coefficient (Wildman–Crippen LogP) is 1.12. The van der Waals surface area contributed by atoms with Crippen molar-refractivity contribution < 1.29 is 4.74 Å². The van der Waals surface area contributed by atoms with Crippen LogP contribution >= 0.6 is 0 Å². The first-order chi connectivity index (χ1) is 6.95. The minimum Gasteiger partial charge on any atom is -0.381 e. The van der Waals surface area contributed by atoms with Crippen molar-refractivity contribution in [1.29, 1.82) is 0 Å². The number of hydrogen-bond donors (Lipinski definition) is 0. The molecule has 0 bridgehead atoms. The van der Waals surface area contributed by atoms with Gasteiger partial charge in [0.1, 0.15) is 11.6 Å². The second kappa shape index (κ2) is 3.35. The van der Waals surface area contributed by atoms with Crippen LogP contribution in [0.3, 0.4) is 0 Å². The van der Waals surface area contributed by atoms with E-state index in [1.807, 2.05) is 0 Å². The van der Waals surface area contributed by atoms with Gasteiger partial charge in [-0.25, -0.2) is 0 Å². The molecule has 0 amide bonds. The molecule has 2 aliphatic heterocycles. The average Bonchev–Trinajstić information content (AvgIpc) is 2.85. The topological polar surface area (TPSA) is 39.9 Å². The van der Waals surface area contributed by atoms with Gasteiger partial charge >= 0.3 is 0 Å². The maximum atomic E-state index is 5.39. The molecule has 4 heteroatoms. The zero-order chi connectivity index (χ0) is 9.38. The highest BCUT2D eigenvalue weighted by atomic mass is 16.5. The number of nitrogens with zero attached hydrogens (tertiary/aromatic N) is 3. The molecular weight excluding hydrogens is 178 g/mol. The van der Waals surface area contributed by atoms with Crippen LogP contribution in [-0.4, -0.2) is 28.0 Å². The largest absolute Gasteiger partial charge is 0.381 e. The van der Waals surface area contributed by atoms with Crippen molar-refractivity contribution in [2.45, 2.75) is 38.1 Å². The summed E-state index contributed by atoms with van der Waals surface area (Å²) in [6, 6.07) is 0. The van der Waals surface area contributed by atoms with Crippen LogP contribution in [0.15, 0.2) is 0 Å². The molecule has 1 aromatic rings. The molecule has 1 atom stereocenters. The van der Waals surface area contributed by atoms with Gasteiger partial charge < -0.3 is 9.30 Å². The van der Waals surface area contributed by atoms with E-state index in [1.165, 1.54) is 18.7 Å². The second-order valence-corrected chi connectivity index (χ2v) is 4.14. The van der Waals surface area contributed by atoms with E-state index in [2.05, 4.69) is 14.8 Å². The Morgan fingerprint density at radius 2 is 2.29 bits per heavy atom. The van der Waals surface area contributed by atoms with Gasteiger partial charge in [0.25, 0.3) is 0 Å². The smallest absolute Gasteiger partial charge is 0.138 e. The van der Waals surface area contributed by atoms with Crippen LogP contribution < -0.4 is 0 Å². The molecule has 14 heavy (non-hydrogen) atoms. The highest BCUT2D eigenvalue weighted by molar-refractivity contribution is 5.05. The molecule has 1 unspecified atom stereocenters. The minimum absolute atomic E-state index is 0.495. The van der Waals surface area contributed by atoms with Crippen LogP contribution in [0, 0.1) is 0 Å². The first kappa shape index (κ1) is 8.41. The molecule has 1 fully saturated rings. The lowest BCUT2D eigenvalue weighted by atomic mass is 10.1. The van der Waals surface area contributed by atoms with E-state index < -0.39 is 0 Å². The third-order valence-corrected chi connectivity index (χ3v) is 3.18. The first-order valence-electron chi connectivity index (χ1n) is 5.45. The fourth-order valence-corrected chi connectivity index (χ4v) is 2.37. The van der Waals surface area contributed by atoms with Gasteiger partial charge in [-0.2, -0.15) is 0 Å². The monoisotopic (exact) mass is 193 g/mol. The third kappa shape index (κ3) is 1.25. The Kier molecular flexibility index (Phi) is 2.01. The molecular formula is C10H15N3O. The molecule has 2 aliphatic rings. The lowest BCUT2D eigenvalue weighted by molar-refractivity contribution is 0.192. The summed E-state index contributed by atoms with van der Waals surface area (Å²) < 4.78 is 7.70. The quantitative estimate of drug-likeness (QED) is 0.671. The Balaban J connectivity index is 1.93. The van der Waals surface area contributed by atoms with Gasteiger partial charge in [0, 0.05) is 25.5 Å². The van der Waals surface area contributed by atoms with Gasteiger partial charge in [-0.05, 0) is 19.3 Å². The van der Waals surface area contributed by atoms with Crippen molar-refractivity contribution >= 4 is 0 Å². The fraction of sp³-hybridized carbons (Fsp3) is 0.800. The molecule has 0 aliphatic carbocycles. The summed E-state index contributed by atoms with van der Waals surface area (Å²) in [5.41, 5.74) is 0. The van der Waals surface area contributed by atoms with Crippen LogP contribution in [0.2, 0.25) is 0 Å². The average molecular weight is 193 g/mol. The number of hydrogen-bond acceptors (Lipinski definition) is 3. The minimum atomic E-state index is 0.495. The van der Waals surface area contributed by atoms with Gasteiger partial charge in [-0.3, -0.25) is 0 Å². The fourth-order valence-electron chi connectivity index (χ4n) is 2.37. The van der Waals surface area contributed by atoms with E-state index in [1.54, 1.807) is 0 Å². The molecule has 4 nitrogen and oxygen atoms in total. The highest BCUT2D eigenvalue weighted by Crippen LogP contribution is 2.26. The maximum Gasteiger partial charge on any atom is 0.138 e. The summed E-state index contributed by atoms with van der Waals surface area (Å²) in [5, 5.41) is 8.57. The molecule has 0 N–H and O–H groups in total. The summed E-state index contributed by atoms with van der Waals surface area (Å²) in [7, 11) is 0. The van der Waals surface area contributed by atoms with Gasteiger partial charge in [-0.1, -0.05) is 0 Å². The van der Waals surface area contributed by atoms with Crippen LogP contribution in [0.25, 0.3) is 0 Å². The summed E-state index contributed by atoms with van der Waals surface area (Å²) >= 11 is 0. The molecule has 0 saturated carbocycles. The molecule has 3 rings (SSSR count). The summed E-state index contributed by atoms with van der Waals surface area (Å²) in [6.45, 7) is 2.82. The lowest BCUT2D eigenvalue weighted by Gasteiger charge is -2.16. The van der Waals surface area contributed by atoms with E-state index in [-0.39, 0.29) is 0 Å². The number of fused-ring (bicyclic) bond motifs is 1. The van der Waals surface area contributed by atoms with E-state index in [0.717, 1.165) is 38.4 Å². The summed E-state index contributed by atoms with van der Waals surface area (Å²) in [4.78, 5) is 0. The van der Waals surface area contributed by atoms with Crippen molar-refractivity contribution in [3.8, 4) is 0 Å². The van der Waals surface area contributed by atoms with Crippen LogP contribution in [0.5, 0.6) is 0 Å². The van der Waals surface area contributed by atoms with E-state index >= 15 is 0 Å². The molecule has 76 valence electrons. The van der Waals surface area contributed by atoms with Crippen LogP contribution in [0.4, 0.5) is 0 Å². The van der Waals surface area contributed by atoms with Crippen molar-refractivity contribution in [3.63, 3.8) is 0 Å². The molecule has 1 aromatic heterocycles. The van der Waals surface area contributed by atoms with Gasteiger partial charge in [0.2, 0.25) is 0 Å². The normalized spacial score (nSPS) is 26.4. The SMILES string of the molecule is C1CCn2c(nnc2C2CCOC2)C1. The highest BCUT2D eigenvalue weighted by Gasteiger charge is 2.25. The van der Waals surface area contributed by atoms with Crippen molar-refractivity contribution in [2.24, 2.45) is 0 Å². The van der Waals surface area contributed by atoms with E-state index in [9.17, 15) is 0 Å². The Hall–Kier alpha value is -0.900. The maximum absolute atomic E-state index is 5.39. The Morgan fingerprint density at radius 3 is 3.14 bits per heavy atom. The third-order valence-electron chi connectivity index (χ3n) is 3.18. The first-order valence-corrected chi connectivity index (χ1v) is 5.45. The summed E-state index contributed by atoms with van der Waals surface area (Å²) in [6.07, 6.45) is 4.74. The van der Waals surface area contributed by atoms with Crippen LogP contribution in [-0.2, 0) is 17.7 Å². The molecule has 0 spiro atoms. The van der Waals surface area contributed by atoms with Crippen LogP contribution in [0.1, 0.15) is 36.8 Å². The molecule has 0 aromatic carbocycles. The summed E-state index contributed by atoms with van der Waals surface area (Å²) in [5.74, 6) is 2.84. The molecule has 1 saturated heterocycles. The van der Waals surface area contributed by atoms with Gasteiger partial charge in [-0.15, -0.1) is 10.2 Å². The number of rotatable bonds is 1. The Labute approximate surface area is 83.3 Å². The van der Waals surface area contributed by atoms with E-state index in [4.69, 9.17) is 4.74 Å². The predicted molar refractivity (Wildman–Crippen MR) is 51.1 cm³/mol. The Morgan fingerprint density at radius 1 is 1.29 bits per heavy atom. The Bertz CT molecular complexity index is 328. The second-order valence-electron chi connectivity index (χ2n) is 4.14. The number of ether oxygens (including phenoxy) is 1. The zero-order valence-corrected chi connectivity index (χ0v) is 8.28. The van der Waals surface area contributed by atoms with Crippen molar-refractivity contribution in [2.75, 3.05) is 13.2 Å². The number of aryl methyl sites for hydroxylation is 1. The molecule has 3 heterocycles. The van der Waals surface area contributed by atoms with E-state index in [0.29, 0.717) is 5.92 Å². The molecule has 0 radical (unpaired) electrons. The standard InChI is InChI=1S/C10H15N3O/c1-2-5-13-9(3-1)11-12-10(13)8-4-6-14-7-8/h8H,1-7H2. The van der Waals surface area contributed by atoms with Crippen molar-refractivity contribution in [1.82, 2.24) is 14.8 Å². The van der Waals surface area contributed by atoms with Gasteiger partial charge in [0.15, 0.2) is 0 Å². The zero-order valence-electron chi connectivity index (χ0n) is 8.28.